The van der Waals surface area contributed by atoms with Crippen molar-refractivity contribution in [3.63, 3.8) is 0 Å². The molecule has 17 heavy (non-hydrogen) atoms. The third-order valence-corrected chi connectivity index (χ3v) is 3.15. The molecule has 92 valence electrons. The van der Waals surface area contributed by atoms with E-state index in [-0.39, 0.29) is 25.0 Å². The topological polar surface area (TPSA) is 82.5 Å². The summed E-state index contributed by atoms with van der Waals surface area (Å²) in [6.07, 6.45) is 3.48. The number of aliphatic carboxylic acids is 1. The molecule has 1 fully saturated rings. The number of aromatic nitrogens is 1. The number of anilines is 1. The highest BCUT2D eigenvalue weighted by Crippen LogP contribution is 2.27. The number of carbonyl (C=O) groups is 2. The Hall–Kier alpha value is -1.63. The summed E-state index contributed by atoms with van der Waals surface area (Å²) in [6.45, 7) is 0.247. The minimum absolute atomic E-state index is 0.0260. The molecule has 1 aliphatic carbocycles. The summed E-state index contributed by atoms with van der Waals surface area (Å²) in [5.41, 5.74) is 0. The molecule has 0 saturated heterocycles. The van der Waals surface area contributed by atoms with E-state index in [0.717, 1.165) is 12.8 Å². The average molecular weight is 255 g/mol. The molecule has 2 amide bonds. The van der Waals surface area contributed by atoms with Gasteiger partial charge in [0.25, 0.3) is 0 Å². The highest BCUT2D eigenvalue weighted by atomic mass is 32.1. The molecule has 0 unspecified atom stereocenters. The van der Waals surface area contributed by atoms with Gasteiger partial charge < -0.3 is 10.0 Å². The second-order valence-corrected chi connectivity index (χ2v) is 4.73. The van der Waals surface area contributed by atoms with E-state index >= 15 is 0 Å². The zero-order valence-electron chi connectivity index (χ0n) is 9.13. The van der Waals surface area contributed by atoms with E-state index in [1.165, 1.54) is 11.3 Å². The number of thiazole rings is 1. The second-order valence-electron chi connectivity index (χ2n) is 3.84. The SMILES string of the molecule is O=C(O)CCN(C(=O)Nc1nccs1)C1CC1. The molecular weight excluding hydrogens is 242 g/mol. The Kier molecular flexibility index (Phi) is 3.58. The Labute approximate surface area is 102 Å². The first-order valence-electron chi connectivity index (χ1n) is 5.35. The Morgan fingerprint density at radius 1 is 1.59 bits per heavy atom. The second kappa shape index (κ2) is 5.13. The molecule has 1 saturated carbocycles. The molecule has 0 aliphatic heterocycles. The maximum absolute atomic E-state index is 11.9. The average Bonchev–Trinajstić information content (AvgIpc) is 2.97. The zero-order valence-corrected chi connectivity index (χ0v) is 9.94. The van der Waals surface area contributed by atoms with Crippen LogP contribution in [-0.2, 0) is 4.79 Å². The van der Waals surface area contributed by atoms with Crippen LogP contribution >= 0.6 is 11.3 Å². The van der Waals surface area contributed by atoms with Crippen LogP contribution in [0.4, 0.5) is 9.93 Å². The van der Waals surface area contributed by atoms with E-state index in [4.69, 9.17) is 5.11 Å². The standard InChI is InChI=1S/C10H13N3O3S/c14-8(15)3-5-13(7-1-2-7)10(16)12-9-11-4-6-17-9/h4,6-7H,1-3,5H2,(H,14,15)(H,11,12,16). The lowest BCUT2D eigenvalue weighted by atomic mass is 10.4. The van der Waals surface area contributed by atoms with Gasteiger partial charge >= 0.3 is 12.0 Å². The minimum Gasteiger partial charge on any atom is -0.481 e. The fraction of sp³-hybridized carbons (Fsp3) is 0.500. The molecule has 6 nitrogen and oxygen atoms in total. The number of hydrogen-bond donors (Lipinski definition) is 2. The van der Waals surface area contributed by atoms with Crippen molar-refractivity contribution in [3.8, 4) is 0 Å². The van der Waals surface area contributed by atoms with Crippen LogP contribution in [0.2, 0.25) is 0 Å². The van der Waals surface area contributed by atoms with Crippen molar-refractivity contribution in [2.24, 2.45) is 0 Å². The lowest BCUT2D eigenvalue weighted by molar-refractivity contribution is -0.137. The molecule has 1 heterocycles. The molecular formula is C10H13N3O3S. The summed E-state index contributed by atoms with van der Waals surface area (Å²) >= 11 is 1.34. The number of nitrogens with one attached hydrogen (secondary N) is 1. The summed E-state index contributed by atoms with van der Waals surface area (Å²) in [6, 6.07) is -0.0713. The van der Waals surface area contributed by atoms with Crippen LogP contribution in [-0.4, -0.2) is 39.6 Å². The number of hydrogen-bond acceptors (Lipinski definition) is 4. The molecule has 0 aromatic carbocycles. The van der Waals surface area contributed by atoms with Crippen LogP contribution in [0.15, 0.2) is 11.6 Å². The predicted molar refractivity (Wildman–Crippen MR) is 63.1 cm³/mol. The highest BCUT2D eigenvalue weighted by molar-refractivity contribution is 7.13. The number of nitrogens with zero attached hydrogens (tertiary/aromatic N) is 2. The van der Waals surface area contributed by atoms with Gasteiger partial charge in [0.15, 0.2) is 5.13 Å². The van der Waals surface area contributed by atoms with Gasteiger partial charge in [-0.2, -0.15) is 0 Å². The number of urea groups is 1. The summed E-state index contributed by atoms with van der Waals surface area (Å²) in [5, 5.41) is 13.6. The van der Waals surface area contributed by atoms with E-state index < -0.39 is 5.97 Å². The van der Waals surface area contributed by atoms with E-state index in [0.29, 0.717) is 5.13 Å². The van der Waals surface area contributed by atoms with Gasteiger partial charge in [-0.15, -0.1) is 11.3 Å². The first-order chi connectivity index (χ1) is 8.16. The Morgan fingerprint density at radius 3 is 2.88 bits per heavy atom. The zero-order chi connectivity index (χ0) is 12.3. The van der Waals surface area contributed by atoms with Crippen molar-refractivity contribution < 1.29 is 14.7 Å². The van der Waals surface area contributed by atoms with Crippen molar-refractivity contribution in [1.29, 1.82) is 0 Å². The summed E-state index contributed by atoms with van der Waals surface area (Å²) in [4.78, 5) is 27.9. The maximum atomic E-state index is 11.9. The number of carboxylic acid groups (broad SMARTS) is 1. The molecule has 0 bridgehead atoms. The van der Waals surface area contributed by atoms with E-state index in [1.807, 2.05) is 0 Å². The fourth-order valence-corrected chi connectivity index (χ4v) is 2.02. The van der Waals surface area contributed by atoms with Gasteiger partial charge in [0.2, 0.25) is 0 Å². The number of amides is 2. The van der Waals surface area contributed by atoms with Gasteiger partial charge in [0.1, 0.15) is 0 Å². The van der Waals surface area contributed by atoms with Crippen LogP contribution in [0.5, 0.6) is 0 Å². The third-order valence-electron chi connectivity index (χ3n) is 2.46. The smallest absolute Gasteiger partial charge is 0.323 e. The van der Waals surface area contributed by atoms with Gasteiger partial charge in [-0.05, 0) is 12.8 Å². The number of carbonyl (C=O) groups excluding carboxylic acids is 1. The minimum atomic E-state index is -0.891. The number of rotatable bonds is 5. The third kappa shape index (κ3) is 3.42. The van der Waals surface area contributed by atoms with Crippen LogP contribution in [0.3, 0.4) is 0 Å². The monoisotopic (exact) mass is 255 g/mol. The van der Waals surface area contributed by atoms with Crippen molar-refractivity contribution >= 4 is 28.5 Å². The molecule has 2 rings (SSSR count). The first kappa shape index (κ1) is 11.8. The van der Waals surface area contributed by atoms with Gasteiger partial charge in [-0.1, -0.05) is 0 Å². The first-order valence-corrected chi connectivity index (χ1v) is 6.23. The Morgan fingerprint density at radius 2 is 2.35 bits per heavy atom. The molecule has 1 aliphatic rings. The summed E-state index contributed by atoms with van der Waals surface area (Å²) < 4.78 is 0. The van der Waals surface area contributed by atoms with Gasteiger partial charge in [0.05, 0.1) is 6.42 Å². The van der Waals surface area contributed by atoms with Crippen molar-refractivity contribution in [1.82, 2.24) is 9.88 Å². The quantitative estimate of drug-likeness (QED) is 0.837. The van der Waals surface area contributed by atoms with E-state index in [2.05, 4.69) is 10.3 Å². The van der Waals surface area contributed by atoms with Crippen molar-refractivity contribution in [2.75, 3.05) is 11.9 Å². The van der Waals surface area contributed by atoms with E-state index in [9.17, 15) is 9.59 Å². The van der Waals surface area contributed by atoms with Crippen LogP contribution in [0.1, 0.15) is 19.3 Å². The molecule has 2 N–H and O–H groups in total. The molecule has 1 aromatic heterocycles. The predicted octanol–water partition coefficient (Wildman–Crippen LogP) is 1.61. The van der Waals surface area contributed by atoms with Gasteiger partial charge in [0, 0.05) is 24.2 Å². The van der Waals surface area contributed by atoms with Gasteiger partial charge in [-0.3, -0.25) is 10.1 Å². The van der Waals surface area contributed by atoms with Crippen LogP contribution < -0.4 is 5.32 Å². The lowest BCUT2D eigenvalue weighted by Crippen LogP contribution is -2.38. The van der Waals surface area contributed by atoms with Crippen molar-refractivity contribution in [3.05, 3.63) is 11.6 Å². The molecule has 0 radical (unpaired) electrons. The summed E-state index contributed by atoms with van der Waals surface area (Å²) in [5.74, 6) is -0.891. The van der Waals surface area contributed by atoms with Crippen LogP contribution in [0, 0.1) is 0 Å². The van der Waals surface area contributed by atoms with Gasteiger partial charge in [-0.25, -0.2) is 9.78 Å². The molecule has 7 heteroatoms. The highest BCUT2D eigenvalue weighted by Gasteiger charge is 2.32. The molecule has 0 spiro atoms. The summed E-state index contributed by atoms with van der Waals surface area (Å²) in [7, 11) is 0. The Balaban J connectivity index is 1.91. The molecule has 1 aromatic rings. The maximum Gasteiger partial charge on any atom is 0.323 e. The Bertz CT molecular complexity index is 403. The van der Waals surface area contributed by atoms with Crippen molar-refractivity contribution in [2.45, 2.75) is 25.3 Å². The van der Waals surface area contributed by atoms with Crippen LogP contribution in [0.25, 0.3) is 0 Å². The number of carboxylic acids is 1. The fourth-order valence-electron chi connectivity index (χ4n) is 1.50. The molecule has 0 atom stereocenters. The van der Waals surface area contributed by atoms with E-state index in [1.54, 1.807) is 16.5 Å². The normalized spacial score (nSPS) is 14.4. The lowest BCUT2D eigenvalue weighted by Gasteiger charge is -2.21. The largest absolute Gasteiger partial charge is 0.481 e.